The van der Waals surface area contributed by atoms with Crippen LogP contribution in [-0.2, 0) is 6.61 Å². The van der Waals surface area contributed by atoms with Crippen molar-refractivity contribution in [2.24, 2.45) is 0 Å². The molecule has 38 heavy (non-hydrogen) atoms. The van der Waals surface area contributed by atoms with E-state index in [-0.39, 0.29) is 18.1 Å². The third-order valence-electron chi connectivity index (χ3n) is 6.19. The van der Waals surface area contributed by atoms with E-state index in [2.05, 4.69) is 22.3 Å². The number of ether oxygens (including phenoxy) is 2. The second kappa shape index (κ2) is 11.8. The summed E-state index contributed by atoms with van der Waals surface area (Å²) in [5.41, 5.74) is 5.19. The minimum Gasteiger partial charge on any atom is -0.493 e. The number of hydrogen-bond donors (Lipinski definition) is 0. The molecule has 0 amide bonds. The highest BCUT2D eigenvalue weighted by atomic mass is 32.2. The number of benzene rings is 3. The Labute approximate surface area is 225 Å². The van der Waals surface area contributed by atoms with Crippen molar-refractivity contribution in [2.45, 2.75) is 37.8 Å². The van der Waals surface area contributed by atoms with Gasteiger partial charge in [0.15, 0.2) is 16.7 Å². The summed E-state index contributed by atoms with van der Waals surface area (Å²) in [5, 5.41) is 29.5. The van der Waals surface area contributed by atoms with Crippen LogP contribution in [0.4, 0.5) is 0 Å². The lowest BCUT2D eigenvalue weighted by Gasteiger charge is -2.17. The molecular formula is C28H27N5O4S. The number of hydrogen-bond acceptors (Lipinski definition) is 8. The van der Waals surface area contributed by atoms with Crippen LogP contribution in [0.1, 0.15) is 38.9 Å². The van der Waals surface area contributed by atoms with Gasteiger partial charge >= 0.3 is 0 Å². The third kappa shape index (κ3) is 5.95. The summed E-state index contributed by atoms with van der Waals surface area (Å²) in [4.78, 5) is 11.3. The van der Waals surface area contributed by atoms with E-state index in [1.54, 1.807) is 30.3 Å². The van der Waals surface area contributed by atoms with Gasteiger partial charge in [0.1, 0.15) is 17.7 Å². The Hall–Kier alpha value is -4.36. The summed E-state index contributed by atoms with van der Waals surface area (Å²) in [7, 11) is 1.52. The van der Waals surface area contributed by atoms with Gasteiger partial charge in [0.2, 0.25) is 6.54 Å². The van der Waals surface area contributed by atoms with Crippen LogP contribution >= 0.6 is 11.8 Å². The van der Waals surface area contributed by atoms with Crippen molar-refractivity contribution in [3.63, 3.8) is 0 Å². The molecule has 0 unspecified atom stereocenters. The normalized spacial score (nSPS) is 11.6. The van der Waals surface area contributed by atoms with Gasteiger partial charge in [-0.15, -0.1) is 10.2 Å². The lowest BCUT2D eigenvalue weighted by atomic mass is 10.1. The smallest absolute Gasteiger partial charge is 0.220 e. The number of nitro groups is 1. The standard InChI is InChI=1S/C28H27N5O4S/c1-18-9-11-24(13-19(18)2)33-20(3)30-31-28(33)38-27(16-32(34)35)21-10-12-25(26(14-21)36-4)37-17-23-8-6-5-7-22(23)15-29/h5-14,27H,16-17H2,1-4H3/t27-/m0/s1. The molecule has 0 saturated carbocycles. The SMILES string of the molecule is COc1cc([C@H](C[N+](=O)[O-])Sc2nnc(C)n2-c2ccc(C)c(C)c2)ccc1OCc1ccccc1C#N. The summed E-state index contributed by atoms with van der Waals surface area (Å²) >= 11 is 1.28. The fourth-order valence-corrected chi connectivity index (χ4v) is 5.13. The molecule has 0 saturated heterocycles. The van der Waals surface area contributed by atoms with Crippen LogP contribution in [0.5, 0.6) is 11.5 Å². The van der Waals surface area contributed by atoms with E-state index in [0.717, 1.165) is 16.8 Å². The Balaban J connectivity index is 1.62. The molecule has 0 radical (unpaired) electrons. The molecule has 194 valence electrons. The van der Waals surface area contributed by atoms with E-state index in [0.29, 0.717) is 33.6 Å². The summed E-state index contributed by atoms with van der Waals surface area (Å²) in [6, 6.07) is 20.7. The Morgan fingerprint density at radius 2 is 1.84 bits per heavy atom. The molecule has 4 rings (SSSR count). The zero-order valence-electron chi connectivity index (χ0n) is 21.5. The van der Waals surface area contributed by atoms with Gasteiger partial charge in [0.05, 0.1) is 18.7 Å². The largest absolute Gasteiger partial charge is 0.493 e. The zero-order valence-corrected chi connectivity index (χ0v) is 22.4. The molecule has 0 fully saturated rings. The molecule has 10 heteroatoms. The highest BCUT2D eigenvalue weighted by Gasteiger charge is 2.25. The summed E-state index contributed by atoms with van der Waals surface area (Å²) in [5.74, 6) is 1.61. The fraction of sp³-hybridized carbons (Fsp3) is 0.250. The van der Waals surface area contributed by atoms with E-state index in [4.69, 9.17) is 9.47 Å². The van der Waals surface area contributed by atoms with Crippen LogP contribution in [0.25, 0.3) is 5.69 Å². The first-order valence-corrected chi connectivity index (χ1v) is 12.8. The van der Waals surface area contributed by atoms with Crippen LogP contribution < -0.4 is 9.47 Å². The monoisotopic (exact) mass is 529 g/mol. The molecule has 0 aliphatic heterocycles. The minimum absolute atomic E-state index is 0.185. The average Bonchev–Trinajstić information content (AvgIpc) is 3.28. The van der Waals surface area contributed by atoms with Crippen LogP contribution in [0.15, 0.2) is 65.8 Å². The summed E-state index contributed by atoms with van der Waals surface area (Å²) in [6.45, 7) is 5.81. The van der Waals surface area contributed by atoms with Crippen molar-refractivity contribution in [3.05, 3.63) is 104 Å². The molecule has 1 atom stereocenters. The van der Waals surface area contributed by atoms with E-state index >= 15 is 0 Å². The first kappa shape index (κ1) is 26.7. The van der Waals surface area contributed by atoms with E-state index in [1.165, 1.54) is 24.4 Å². The summed E-state index contributed by atoms with van der Waals surface area (Å²) < 4.78 is 13.4. The lowest BCUT2D eigenvalue weighted by molar-refractivity contribution is -0.479. The van der Waals surface area contributed by atoms with Crippen LogP contribution in [-0.4, -0.2) is 33.3 Å². The second-order valence-corrected chi connectivity index (χ2v) is 9.89. The molecule has 0 aliphatic rings. The topological polar surface area (TPSA) is 116 Å². The predicted molar refractivity (Wildman–Crippen MR) is 145 cm³/mol. The first-order chi connectivity index (χ1) is 18.3. The second-order valence-electron chi connectivity index (χ2n) is 8.72. The van der Waals surface area contributed by atoms with Gasteiger partial charge in [-0.05, 0) is 67.8 Å². The van der Waals surface area contributed by atoms with Gasteiger partial charge in [0, 0.05) is 16.2 Å². The van der Waals surface area contributed by atoms with Crippen molar-refractivity contribution in [1.82, 2.24) is 14.8 Å². The third-order valence-corrected chi connectivity index (χ3v) is 7.37. The summed E-state index contributed by atoms with van der Waals surface area (Å²) in [6.07, 6.45) is 0. The maximum atomic E-state index is 11.6. The fourth-order valence-electron chi connectivity index (χ4n) is 3.97. The highest BCUT2D eigenvalue weighted by Crippen LogP contribution is 2.39. The molecule has 1 aromatic heterocycles. The molecule has 0 aliphatic carbocycles. The van der Waals surface area contributed by atoms with Crippen LogP contribution in [0, 0.1) is 42.2 Å². The quantitative estimate of drug-likeness (QED) is 0.145. The molecule has 3 aromatic carbocycles. The van der Waals surface area contributed by atoms with Gasteiger partial charge < -0.3 is 9.47 Å². The number of thioether (sulfide) groups is 1. The van der Waals surface area contributed by atoms with Crippen molar-refractivity contribution >= 4 is 11.8 Å². The molecular weight excluding hydrogens is 502 g/mol. The zero-order chi connectivity index (χ0) is 27.2. The maximum absolute atomic E-state index is 11.6. The number of rotatable bonds is 10. The van der Waals surface area contributed by atoms with E-state index in [9.17, 15) is 15.4 Å². The van der Waals surface area contributed by atoms with Crippen molar-refractivity contribution < 1.29 is 14.4 Å². The Morgan fingerprint density at radius 3 is 2.55 bits per heavy atom. The number of methoxy groups -OCH3 is 1. The van der Waals surface area contributed by atoms with Gasteiger partial charge in [-0.25, -0.2) is 0 Å². The highest BCUT2D eigenvalue weighted by molar-refractivity contribution is 7.99. The predicted octanol–water partition coefficient (Wildman–Crippen LogP) is 5.76. The van der Waals surface area contributed by atoms with Gasteiger partial charge in [-0.3, -0.25) is 14.7 Å². The first-order valence-electron chi connectivity index (χ1n) is 11.9. The molecule has 0 bridgehead atoms. The number of nitrogens with zero attached hydrogens (tertiary/aromatic N) is 5. The number of nitriles is 1. The molecule has 4 aromatic rings. The Morgan fingerprint density at radius 1 is 1.05 bits per heavy atom. The van der Waals surface area contributed by atoms with Gasteiger partial charge in [0.25, 0.3) is 0 Å². The number of aromatic nitrogens is 3. The average molecular weight is 530 g/mol. The lowest BCUT2D eigenvalue weighted by Crippen LogP contribution is -2.11. The van der Waals surface area contributed by atoms with E-state index < -0.39 is 5.25 Å². The number of aryl methyl sites for hydroxylation is 3. The van der Waals surface area contributed by atoms with Crippen LogP contribution in [0.3, 0.4) is 0 Å². The Bertz CT molecular complexity index is 1510. The van der Waals surface area contributed by atoms with Crippen LogP contribution in [0.2, 0.25) is 0 Å². The van der Waals surface area contributed by atoms with Crippen molar-refractivity contribution in [3.8, 4) is 23.3 Å². The van der Waals surface area contributed by atoms with E-state index in [1.807, 2.05) is 49.6 Å². The minimum atomic E-state index is -0.554. The molecule has 0 N–H and O–H groups in total. The van der Waals surface area contributed by atoms with Crippen molar-refractivity contribution in [2.75, 3.05) is 13.7 Å². The van der Waals surface area contributed by atoms with Gasteiger partial charge in [-0.2, -0.15) is 5.26 Å². The van der Waals surface area contributed by atoms with Crippen molar-refractivity contribution in [1.29, 1.82) is 5.26 Å². The Kier molecular flexibility index (Phi) is 8.28. The molecule has 0 spiro atoms. The van der Waals surface area contributed by atoms with Gasteiger partial charge in [-0.1, -0.05) is 42.1 Å². The molecule has 1 heterocycles. The maximum Gasteiger partial charge on any atom is 0.220 e. The molecule has 9 nitrogen and oxygen atoms in total.